The predicted molar refractivity (Wildman–Crippen MR) is 97.7 cm³/mol. The molecule has 2 aromatic carbocycles. The first kappa shape index (κ1) is 17.7. The van der Waals surface area contributed by atoms with Gasteiger partial charge >= 0.3 is 0 Å². The van der Waals surface area contributed by atoms with Crippen molar-refractivity contribution in [3.63, 3.8) is 0 Å². The summed E-state index contributed by atoms with van der Waals surface area (Å²) in [5, 5.41) is 5.83. The average molecular weight is 353 g/mol. The quantitative estimate of drug-likeness (QED) is 0.716. The lowest BCUT2D eigenvalue weighted by Gasteiger charge is -2.04. The summed E-state index contributed by atoms with van der Waals surface area (Å²) >= 11 is 0. The third kappa shape index (κ3) is 4.08. The Morgan fingerprint density at radius 2 is 1.81 bits per heavy atom. The number of halogens is 1. The smallest absolute Gasteiger partial charge is 0.274 e. The molecule has 1 aromatic heterocycles. The van der Waals surface area contributed by atoms with E-state index in [-0.39, 0.29) is 23.7 Å². The number of carbonyl (C=O) groups is 1. The largest absolute Gasteiger partial charge is 0.352 e. The summed E-state index contributed by atoms with van der Waals surface area (Å²) in [4.78, 5) is 24.6. The summed E-state index contributed by atoms with van der Waals surface area (Å²) in [7, 11) is 0. The van der Waals surface area contributed by atoms with Gasteiger partial charge in [-0.05, 0) is 43.2 Å². The van der Waals surface area contributed by atoms with E-state index in [0.29, 0.717) is 29.9 Å². The maximum Gasteiger partial charge on any atom is 0.274 e. The number of H-pyrrole nitrogens is 1. The van der Waals surface area contributed by atoms with E-state index in [0.717, 1.165) is 5.56 Å². The molecule has 0 saturated heterocycles. The normalized spacial score (nSPS) is 10.7. The summed E-state index contributed by atoms with van der Waals surface area (Å²) in [6.45, 7) is 2.25. The topological polar surface area (TPSA) is 66.9 Å². The van der Waals surface area contributed by atoms with Gasteiger partial charge in [0.25, 0.3) is 5.56 Å². The van der Waals surface area contributed by atoms with Crippen LogP contribution >= 0.6 is 0 Å². The van der Waals surface area contributed by atoms with Gasteiger partial charge in [-0.15, -0.1) is 0 Å². The van der Waals surface area contributed by atoms with Gasteiger partial charge in [0, 0.05) is 24.2 Å². The van der Waals surface area contributed by atoms with Gasteiger partial charge in [0.05, 0.1) is 5.69 Å². The van der Waals surface area contributed by atoms with Crippen LogP contribution in [0.15, 0.2) is 59.4 Å². The van der Waals surface area contributed by atoms with Gasteiger partial charge in [-0.25, -0.2) is 9.07 Å². The molecule has 3 aromatic rings. The van der Waals surface area contributed by atoms with Crippen LogP contribution in [0.25, 0.3) is 5.69 Å². The Morgan fingerprint density at radius 3 is 2.50 bits per heavy atom. The Kier molecular flexibility index (Phi) is 5.31. The van der Waals surface area contributed by atoms with E-state index in [1.807, 2.05) is 30.3 Å². The van der Waals surface area contributed by atoms with Crippen LogP contribution in [-0.2, 0) is 17.8 Å². The number of amides is 1. The lowest BCUT2D eigenvalue weighted by molar-refractivity contribution is -0.121. The maximum atomic E-state index is 13.1. The molecule has 2 N–H and O–H groups in total. The zero-order valence-corrected chi connectivity index (χ0v) is 14.5. The Labute approximate surface area is 150 Å². The predicted octanol–water partition coefficient (Wildman–Crippen LogP) is 2.86. The minimum Gasteiger partial charge on any atom is -0.352 e. The molecule has 1 heterocycles. The molecular formula is C20H20FN3O2. The highest BCUT2D eigenvalue weighted by Gasteiger charge is 2.14. The van der Waals surface area contributed by atoms with Crippen molar-refractivity contribution in [2.75, 3.05) is 0 Å². The van der Waals surface area contributed by atoms with Crippen molar-refractivity contribution in [3.8, 4) is 5.69 Å². The van der Waals surface area contributed by atoms with E-state index in [4.69, 9.17) is 0 Å². The Balaban J connectivity index is 1.64. The van der Waals surface area contributed by atoms with E-state index < -0.39 is 0 Å². The summed E-state index contributed by atoms with van der Waals surface area (Å²) in [5.41, 5.74) is 2.63. The fraction of sp³-hybridized carbons (Fsp3) is 0.200. The zero-order chi connectivity index (χ0) is 18.5. The van der Waals surface area contributed by atoms with E-state index >= 15 is 0 Å². The van der Waals surface area contributed by atoms with Crippen molar-refractivity contribution in [2.45, 2.75) is 26.3 Å². The second kappa shape index (κ2) is 7.82. The molecule has 0 fully saturated rings. The molecule has 0 radical (unpaired) electrons. The number of nitrogens with one attached hydrogen (secondary N) is 2. The van der Waals surface area contributed by atoms with Gasteiger partial charge in [0.15, 0.2) is 0 Å². The molecule has 6 heteroatoms. The van der Waals surface area contributed by atoms with Crippen molar-refractivity contribution < 1.29 is 9.18 Å². The average Bonchev–Trinajstić information content (AvgIpc) is 2.94. The number of carbonyl (C=O) groups excluding carboxylic acids is 1. The summed E-state index contributed by atoms with van der Waals surface area (Å²) < 4.78 is 14.4. The van der Waals surface area contributed by atoms with Gasteiger partial charge in [-0.3, -0.25) is 14.7 Å². The first-order chi connectivity index (χ1) is 12.5. The number of hydrogen-bond donors (Lipinski definition) is 2. The second-order valence-electron chi connectivity index (χ2n) is 6.09. The summed E-state index contributed by atoms with van der Waals surface area (Å²) in [6, 6.07) is 15.3. The van der Waals surface area contributed by atoms with Crippen LogP contribution < -0.4 is 10.9 Å². The first-order valence-corrected chi connectivity index (χ1v) is 8.41. The van der Waals surface area contributed by atoms with Gasteiger partial charge in [0.1, 0.15) is 5.82 Å². The molecule has 0 bridgehead atoms. The van der Waals surface area contributed by atoms with E-state index in [1.165, 1.54) is 28.9 Å². The molecule has 0 aliphatic rings. The lowest BCUT2D eigenvalue weighted by atomic mass is 10.1. The fourth-order valence-corrected chi connectivity index (χ4v) is 2.77. The number of aryl methyl sites for hydroxylation is 1. The van der Waals surface area contributed by atoms with Crippen LogP contribution in [0.4, 0.5) is 4.39 Å². The van der Waals surface area contributed by atoms with Crippen LogP contribution in [0.3, 0.4) is 0 Å². The molecule has 3 rings (SSSR count). The van der Waals surface area contributed by atoms with Crippen LogP contribution in [0, 0.1) is 12.7 Å². The Hall–Kier alpha value is -3.15. The fourth-order valence-electron chi connectivity index (χ4n) is 2.77. The monoisotopic (exact) mass is 353 g/mol. The molecule has 0 unspecified atom stereocenters. The lowest BCUT2D eigenvalue weighted by Crippen LogP contribution is -2.24. The van der Waals surface area contributed by atoms with Crippen LogP contribution in [0.1, 0.15) is 23.2 Å². The molecule has 1 amide bonds. The minimum atomic E-state index is -0.361. The van der Waals surface area contributed by atoms with Crippen molar-refractivity contribution in [3.05, 3.63) is 87.6 Å². The summed E-state index contributed by atoms with van der Waals surface area (Å²) in [5.74, 6) is -0.470. The molecule has 0 spiro atoms. The van der Waals surface area contributed by atoms with E-state index in [2.05, 4.69) is 10.4 Å². The van der Waals surface area contributed by atoms with Gasteiger partial charge in [-0.1, -0.05) is 30.3 Å². The molecule has 0 atom stereocenters. The number of hydrogen-bond acceptors (Lipinski definition) is 2. The molecule has 0 aliphatic heterocycles. The molecular weight excluding hydrogens is 333 g/mol. The number of aromatic nitrogens is 2. The summed E-state index contributed by atoms with van der Waals surface area (Å²) in [6.07, 6.45) is 0.570. The first-order valence-electron chi connectivity index (χ1n) is 8.41. The van der Waals surface area contributed by atoms with E-state index in [1.54, 1.807) is 6.92 Å². The minimum absolute atomic E-state index is 0.109. The van der Waals surface area contributed by atoms with Gasteiger partial charge in [-0.2, -0.15) is 0 Å². The van der Waals surface area contributed by atoms with Crippen molar-refractivity contribution in [1.82, 2.24) is 15.1 Å². The maximum absolute atomic E-state index is 13.1. The second-order valence-corrected chi connectivity index (χ2v) is 6.09. The van der Waals surface area contributed by atoms with E-state index in [9.17, 15) is 14.0 Å². The highest BCUT2D eigenvalue weighted by Crippen LogP contribution is 2.10. The number of rotatable bonds is 6. The number of benzene rings is 2. The third-order valence-electron chi connectivity index (χ3n) is 4.21. The number of nitrogens with zero attached hydrogens (tertiary/aromatic N) is 1. The highest BCUT2D eigenvalue weighted by atomic mass is 19.1. The Morgan fingerprint density at radius 1 is 1.12 bits per heavy atom. The van der Waals surface area contributed by atoms with Crippen molar-refractivity contribution in [2.24, 2.45) is 0 Å². The van der Waals surface area contributed by atoms with Crippen molar-refractivity contribution in [1.29, 1.82) is 0 Å². The standard InChI is InChI=1S/C20H20FN3O2/c1-14-18(11-12-19(25)22-13-15-5-3-2-4-6-15)20(26)24(23-14)17-9-7-16(21)8-10-17/h2-10,23H,11-13H2,1H3,(H,22,25). The SMILES string of the molecule is Cc1[nH]n(-c2ccc(F)cc2)c(=O)c1CCC(=O)NCc1ccccc1. The highest BCUT2D eigenvalue weighted by molar-refractivity contribution is 5.76. The van der Waals surface area contributed by atoms with Crippen LogP contribution in [0.2, 0.25) is 0 Å². The van der Waals surface area contributed by atoms with Gasteiger partial charge in [0.2, 0.25) is 5.91 Å². The van der Waals surface area contributed by atoms with Crippen molar-refractivity contribution >= 4 is 5.91 Å². The van der Waals surface area contributed by atoms with Gasteiger partial charge < -0.3 is 5.32 Å². The Bertz CT molecular complexity index is 943. The molecule has 5 nitrogen and oxygen atoms in total. The molecule has 26 heavy (non-hydrogen) atoms. The number of aromatic amines is 1. The molecule has 134 valence electrons. The molecule has 0 saturated carbocycles. The third-order valence-corrected chi connectivity index (χ3v) is 4.21. The van der Waals surface area contributed by atoms with Crippen LogP contribution in [0.5, 0.6) is 0 Å². The molecule has 0 aliphatic carbocycles. The zero-order valence-electron chi connectivity index (χ0n) is 14.5. The van der Waals surface area contributed by atoms with Crippen LogP contribution in [-0.4, -0.2) is 15.7 Å².